The summed E-state index contributed by atoms with van der Waals surface area (Å²) in [7, 11) is 0. The molecule has 2 aliphatic heterocycles. The quantitative estimate of drug-likeness (QED) is 0.598. The zero-order chi connectivity index (χ0) is 21.8. The van der Waals surface area contributed by atoms with Crippen LogP contribution in [-0.2, 0) is 14.3 Å². The summed E-state index contributed by atoms with van der Waals surface area (Å²) in [6, 6.07) is 3.65. The van der Waals surface area contributed by atoms with Crippen molar-refractivity contribution < 1.29 is 18.7 Å². The van der Waals surface area contributed by atoms with Crippen molar-refractivity contribution in [3.8, 4) is 0 Å². The van der Waals surface area contributed by atoms with Gasteiger partial charge in [0, 0.05) is 29.8 Å². The third-order valence-electron chi connectivity index (χ3n) is 4.93. The Kier molecular flexibility index (Phi) is 7.06. The lowest BCUT2D eigenvalue weighted by atomic mass is 9.95. The Morgan fingerprint density at radius 1 is 1.42 bits per heavy atom. The van der Waals surface area contributed by atoms with Crippen LogP contribution in [0.5, 0.6) is 0 Å². The first kappa shape index (κ1) is 22.0. The van der Waals surface area contributed by atoms with Gasteiger partial charge in [0.2, 0.25) is 0 Å². The highest BCUT2D eigenvalue weighted by Gasteiger charge is 2.34. The van der Waals surface area contributed by atoms with E-state index in [1.54, 1.807) is 18.5 Å². The predicted octanol–water partition coefficient (Wildman–Crippen LogP) is 2.68. The molecule has 3 heterocycles. The molecule has 1 saturated heterocycles. The van der Waals surface area contributed by atoms with E-state index in [2.05, 4.69) is 36.3 Å². The van der Waals surface area contributed by atoms with Crippen LogP contribution in [0, 0.1) is 5.82 Å². The van der Waals surface area contributed by atoms with Gasteiger partial charge in [-0.2, -0.15) is 0 Å². The molecule has 164 valence electrons. The third kappa shape index (κ3) is 5.00. The predicted molar refractivity (Wildman–Crippen MR) is 117 cm³/mol. The highest BCUT2D eigenvalue weighted by atomic mass is 79.9. The molecule has 1 fully saturated rings. The molecule has 1 N–H and O–H groups in total. The molecule has 0 radical (unpaired) electrons. The molecule has 2 aliphatic rings. The molecule has 31 heavy (non-hydrogen) atoms. The molecule has 0 spiro atoms. The van der Waals surface area contributed by atoms with Crippen molar-refractivity contribution in [2.45, 2.75) is 13.0 Å². The van der Waals surface area contributed by atoms with E-state index in [4.69, 9.17) is 14.5 Å². The summed E-state index contributed by atoms with van der Waals surface area (Å²) < 4.78 is 25.1. The Morgan fingerprint density at radius 3 is 2.90 bits per heavy atom. The second kappa shape index (κ2) is 9.94. The zero-order valence-electron chi connectivity index (χ0n) is 16.8. The molecule has 8 nitrogen and oxygen atoms in total. The molecule has 0 bridgehead atoms. The average Bonchev–Trinajstić information content (AvgIpc) is 3.29. The van der Waals surface area contributed by atoms with Crippen molar-refractivity contribution in [3.63, 3.8) is 0 Å². The first-order valence-electron chi connectivity index (χ1n) is 9.83. The van der Waals surface area contributed by atoms with Crippen LogP contribution >= 0.6 is 27.3 Å². The van der Waals surface area contributed by atoms with E-state index < -0.39 is 12.0 Å². The maximum atomic E-state index is 13.8. The van der Waals surface area contributed by atoms with E-state index in [1.165, 1.54) is 23.5 Å². The number of hydrogen-bond acceptors (Lipinski definition) is 9. The molecule has 2 aromatic rings. The molecule has 0 aliphatic carbocycles. The van der Waals surface area contributed by atoms with Gasteiger partial charge in [-0.25, -0.2) is 9.18 Å². The fraction of sp³-hybridized carbons (Fsp3) is 0.400. The summed E-state index contributed by atoms with van der Waals surface area (Å²) in [6.07, 6.45) is 0. The molecule has 0 saturated carbocycles. The summed E-state index contributed by atoms with van der Waals surface area (Å²) in [5.74, 6) is -0.326. The van der Waals surface area contributed by atoms with Crippen LogP contribution in [0.2, 0.25) is 0 Å². The lowest BCUT2D eigenvalue weighted by Crippen LogP contribution is -2.43. The van der Waals surface area contributed by atoms with Crippen molar-refractivity contribution in [2.24, 2.45) is 4.99 Å². The molecule has 0 amide bonds. The lowest BCUT2D eigenvalue weighted by Gasteiger charge is -2.32. The van der Waals surface area contributed by atoms with Crippen molar-refractivity contribution in [3.05, 3.63) is 55.8 Å². The zero-order valence-corrected chi connectivity index (χ0v) is 19.2. The van der Waals surface area contributed by atoms with Gasteiger partial charge in [0.15, 0.2) is 10.8 Å². The van der Waals surface area contributed by atoms with Crippen LogP contribution in [0.4, 0.5) is 4.39 Å². The second-order valence-electron chi connectivity index (χ2n) is 6.92. The van der Waals surface area contributed by atoms with Crippen molar-refractivity contribution >= 4 is 39.1 Å². The second-order valence-corrected chi connectivity index (χ2v) is 8.60. The Bertz CT molecular complexity index is 1010. The minimum Gasteiger partial charge on any atom is -0.463 e. The van der Waals surface area contributed by atoms with Gasteiger partial charge in [0.05, 0.1) is 25.4 Å². The number of halogens is 2. The summed E-state index contributed by atoms with van der Waals surface area (Å²) in [5.41, 5.74) is 3.36. The van der Waals surface area contributed by atoms with Gasteiger partial charge in [-0.05, 0) is 24.6 Å². The van der Waals surface area contributed by atoms with E-state index in [0.29, 0.717) is 51.9 Å². The molecule has 11 heteroatoms. The van der Waals surface area contributed by atoms with E-state index >= 15 is 0 Å². The minimum atomic E-state index is -0.690. The maximum absolute atomic E-state index is 13.8. The standard InChI is InChI=1S/C20H21BrFN5O3S/c1-2-30-20(28)16-15(10-27-5-7-29-8-6-27)24-18(19-26-23-11-31-19)25-17(16)13-4-3-12(22)9-14(13)21/h3-4,9,11,17H,2,5-8,10H2,1H3,(H,24,25). The number of carbonyl (C=O) groups is 1. The van der Waals surface area contributed by atoms with Gasteiger partial charge in [0.1, 0.15) is 17.4 Å². The lowest BCUT2D eigenvalue weighted by molar-refractivity contribution is -0.139. The number of aromatic nitrogens is 2. The van der Waals surface area contributed by atoms with Crippen molar-refractivity contribution in [2.75, 3.05) is 39.5 Å². The minimum absolute atomic E-state index is 0.234. The van der Waals surface area contributed by atoms with Crippen LogP contribution in [0.3, 0.4) is 0 Å². The summed E-state index contributed by atoms with van der Waals surface area (Å²) >= 11 is 4.77. The molecule has 1 aromatic carbocycles. The highest BCUT2D eigenvalue weighted by molar-refractivity contribution is 9.10. The van der Waals surface area contributed by atoms with Crippen molar-refractivity contribution in [1.29, 1.82) is 0 Å². The smallest absolute Gasteiger partial charge is 0.338 e. The number of nitrogens with one attached hydrogen (secondary N) is 1. The molecule has 1 atom stereocenters. The number of ether oxygens (including phenoxy) is 2. The first-order valence-corrected chi connectivity index (χ1v) is 11.5. The fourth-order valence-corrected chi connectivity index (χ4v) is 4.56. The number of rotatable bonds is 6. The van der Waals surface area contributed by atoms with E-state index in [-0.39, 0.29) is 12.4 Å². The summed E-state index contributed by atoms with van der Waals surface area (Å²) in [4.78, 5) is 20.0. The van der Waals surface area contributed by atoms with Crippen LogP contribution in [0.15, 0.2) is 44.4 Å². The van der Waals surface area contributed by atoms with E-state index in [9.17, 15) is 9.18 Å². The molecule has 1 unspecified atom stereocenters. The third-order valence-corrected chi connectivity index (χ3v) is 6.31. The Hall–Kier alpha value is -2.21. The van der Waals surface area contributed by atoms with Gasteiger partial charge in [0.25, 0.3) is 0 Å². The topological polar surface area (TPSA) is 88.9 Å². The Morgan fingerprint density at radius 2 is 2.23 bits per heavy atom. The number of esters is 1. The highest BCUT2D eigenvalue weighted by Crippen LogP contribution is 2.37. The van der Waals surface area contributed by atoms with Gasteiger partial charge in [-0.15, -0.1) is 10.2 Å². The maximum Gasteiger partial charge on any atom is 0.338 e. The van der Waals surface area contributed by atoms with E-state index in [1.807, 2.05) is 0 Å². The first-order chi connectivity index (χ1) is 15.1. The molecule has 4 rings (SSSR count). The number of morpholine rings is 1. The number of benzene rings is 1. The van der Waals surface area contributed by atoms with Crippen molar-refractivity contribution in [1.82, 2.24) is 20.4 Å². The van der Waals surface area contributed by atoms with Crippen LogP contribution in [0.1, 0.15) is 23.5 Å². The number of aliphatic imine (C=N–C) groups is 1. The van der Waals surface area contributed by atoms with Gasteiger partial charge in [-0.1, -0.05) is 33.3 Å². The average molecular weight is 510 g/mol. The summed E-state index contributed by atoms with van der Waals surface area (Å²) in [5, 5.41) is 11.9. The van der Waals surface area contributed by atoms with Crippen LogP contribution in [0.25, 0.3) is 0 Å². The molecular formula is C20H21BrFN5O3S. The molecule has 1 aromatic heterocycles. The molecular weight excluding hydrogens is 489 g/mol. The number of carbonyl (C=O) groups excluding carboxylic acids is 1. The normalized spacial score (nSPS) is 19.7. The van der Waals surface area contributed by atoms with Crippen LogP contribution in [-0.4, -0.2) is 66.4 Å². The van der Waals surface area contributed by atoms with Gasteiger partial charge < -0.3 is 14.8 Å². The Balaban J connectivity index is 1.81. The number of nitrogens with zero attached hydrogens (tertiary/aromatic N) is 4. The van der Waals surface area contributed by atoms with Crippen LogP contribution < -0.4 is 5.32 Å². The fourth-order valence-electron chi connectivity index (χ4n) is 3.49. The monoisotopic (exact) mass is 509 g/mol. The Labute approximate surface area is 191 Å². The summed E-state index contributed by atoms with van der Waals surface area (Å²) in [6.45, 7) is 5.24. The largest absolute Gasteiger partial charge is 0.463 e. The van der Waals surface area contributed by atoms with Gasteiger partial charge >= 0.3 is 5.97 Å². The SMILES string of the molecule is CCOC(=O)C1=C(CN2CCOCC2)NC(c2nncs2)=NC1c1ccc(F)cc1Br. The van der Waals surface area contributed by atoms with Gasteiger partial charge in [-0.3, -0.25) is 9.89 Å². The number of hydrogen-bond donors (Lipinski definition) is 1. The number of amidine groups is 1. The van der Waals surface area contributed by atoms with E-state index in [0.717, 1.165) is 13.1 Å².